The van der Waals surface area contributed by atoms with E-state index in [0.717, 1.165) is 12.1 Å². The van der Waals surface area contributed by atoms with Crippen molar-refractivity contribution in [3.8, 4) is 0 Å². The van der Waals surface area contributed by atoms with E-state index in [2.05, 4.69) is 18.4 Å². The fraction of sp³-hybridized carbons (Fsp3) is 0.556. The number of anilines is 2. The van der Waals surface area contributed by atoms with Gasteiger partial charge in [0.05, 0.1) is 34.0 Å². The number of nitrogens with one attached hydrogen (secondary N) is 1. The molecular weight excluding hydrogens is 404 g/mol. The number of methoxy groups -OCH3 is 1. The van der Waals surface area contributed by atoms with Crippen LogP contribution in [0.1, 0.15) is 0 Å². The monoisotopic (exact) mass is 429 g/mol. The predicted molar refractivity (Wildman–Crippen MR) is 111 cm³/mol. The number of nitrogens with zero attached hydrogens (tertiary/aromatic N) is 2. The molecule has 0 spiro atoms. The lowest BCUT2D eigenvalue weighted by Gasteiger charge is -2.37. The average Bonchev–Trinajstić information content (AvgIpc) is 3.01. The SMILES string of the molecule is COC(=S)NC[C@H]1CN(c2cc(F)c(N3CC[Si](C)(C)CC3)c(F)c2)C(=O)O1. The molecule has 0 unspecified atom stereocenters. The van der Waals surface area contributed by atoms with E-state index < -0.39 is 31.9 Å². The second kappa shape index (κ2) is 8.20. The Kier molecular flexibility index (Phi) is 6.09. The first-order chi connectivity index (χ1) is 13.2. The van der Waals surface area contributed by atoms with Gasteiger partial charge in [-0.1, -0.05) is 13.1 Å². The highest BCUT2D eigenvalue weighted by Crippen LogP contribution is 2.34. The van der Waals surface area contributed by atoms with Gasteiger partial charge in [-0.15, -0.1) is 0 Å². The Bertz CT molecular complexity index is 747. The van der Waals surface area contributed by atoms with Gasteiger partial charge in [-0.25, -0.2) is 13.6 Å². The van der Waals surface area contributed by atoms with E-state index in [1.54, 1.807) is 4.90 Å². The summed E-state index contributed by atoms with van der Waals surface area (Å²) in [7, 11) is 0.184. The van der Waals surface area contributed by atoms with Gasteiger partial charge in [0.15, 0.2) is 11.6 Å². The summed E-state index contributed by atoms with van der Waals surface area (Å²) >= 11 is 4.88. The van der Waals surface area contributed by atoms with Crippen LogP contribution in [-0.2, 0) is 9.47 Å². The summed E-state index contributed by atoms with van der Waals surface area (Å²) in [6.07, 6.45) is -1.15. The van der Waals surface area contributed by atoms with Crippen molar-refractivity contribution < 1.29 is 23.0 Å². The lowest BCUT2D eigenvalue weighted by atomic mass is 10.2. The molecule has 2 saturated heterocycles. The van der Waals surface area contributed by atoms with Crippen LogP contribution in [0.2, 0.25) is 25.2 Å². The van der Waals surface area contributed by atoms with E-state index in [1.165, 1.54) is 24.1 Å². The van der Waals surface area contributed by atoms with Crippen LogP contribution in [0.4, 0.5) is 25.0 Å². The van der Waals surface area contributed by atoms with Crippen molar-refractivity contribution in [3.05, 3.63) is 23.8 Å². The van der Waals surface area contributed by atoms with Crippen molar-refractivity contribution in [1.82, 2.24) is 5.32 Å². The van der Waals surface area contributed by atoms with Crippen LogP contribution in [-0.4, -0.2) is 58.7 Å². The summed E-state index contributed by atoms with van der Waals surface area (Å²) in [6, 6.07) is 4.41. The third kappa shape index (κ3) is 4.54. The summed E-state index contributed by atoms with van der Waals surface area (Å²) in [4.78, 5) is 15.1. The Morgan fingerprint density at radius 1 is 1.32 bits per heavy atom. The minimum Gasteiger partial charge on any atom is -0.474 e. The molecule has 0 radical (unpaired) electrons. The van der Waals surface area contributed by atoms with Crippen LogP contribution < -0.4 is 15.1 Å². The van der Waals surface area contributed by atoms with E-state index in [9.17, 15) is 13.6 Å². The second-order valence-electron chi connectivity index (χ2n) is 7.90. The molecule has 10 heteroatoms. The number of ether oxygens (including phenoxy) is 2. The first kappa shape index (κ1) is 20.8. The first-order valence-corrected chi connectivity index (χ1v) is 13.1. The molecule has 0 aliphatic carbocycles. The van der Waals surface area contributed by atoms with Crippen LogP contribution in [0.5, 0.6) is 0 Å². The minimum atomic E-state index is -1.25. The quantitative estimate of drug-likeness (QED) is 0.585. The van der Waals surface area contributed by atoms with E-state index in [-0.39, 0.29) is 29.6 Å². The second-order valence-corrected chi connectivity index (χ2v) is 13.6. The highest BCUT2D eigenvalue weighted by atomic mass is 32.1. The third-order valence-corrected chi connectivity index (χ3v) is 8.75. The van der Waals surface area contributed by atoms with E-state index in [4.69, 9.17) is 21.7 Å². The number of halogens is 2. The average molecular weight is 430 g/mol. The predicted octanol–water partition coefficient (Wildman–Crippen LogP) is 3.34. The van der Waals surface area contributed by atoms with Gasteiger partial charge in [0, 0.05) is 25.2 Å². The number of amides is 1. The molecule has 2 fully saturated rings. The van der Waals surface area contributed by atoms with Crippen molar-refractivity contribution in [2.24, 2.45) is 0 Å². The van der Waals surface area contributed by atoms with Gasteiger partial charge in [-0.05, 0) is 24.3 Å². The molecule has 2 aliphatic heterocycles. The molecule has 3 rings (SSSR count). The third-order valence-electron chi connectivity index (χ3n) is 5.28. The molecule has 0 saturated carbocycles. The van der Waals surface area contributed by atoms with E-state index in [0.29, 0.717) is 13.1 Å². The molecule has 28 heavy (non-hydrogen) atoms. The summed E-state index contributed by atoms with van der Waals surface area (Å²) in [5, 5.41) is 2.99. The molecule has 1 aromatic carbocycles. The maximum Gasteiger partial charge on any atom is 0.414 e. The number of rotatable bonds is 4. The fourth-order valence-electron chi connectivity index (χ4n) is 3.45. The maximum atomic E-state index is 14.8. The molecule has 1 N–H and O–H groups in total. The number of cyclic esters (lactones) is 1. The van der Waals surface area contributed by atoms with Gasteiger partial charge in [0.25, 0.3) is 5.17 Å². The number of hydrogen-bond acceptors (Lipinski definition) is 5. The lowest BCUT2D eigenvalue weighted by Crippen LogP contribution is -2.43. The molecule has 1 atom stereocenters. The van der Waals surface area contributed by atoms with Crippen molar-refractivity contribution >= 4 is 42.9 Å². The molecule has 2 heterocycles. The van der Waals surface area contributed by atoms with Crippen LogP contribution in [0, 0.1) is 11.6 Å². The van der Waals surface area contributed by atoms with Gasteiger partial charge in [-0.3, -0.25) is 4.90 Å². The number of hydrogen-bond donors (Lipinski definition) is 1. The number of benzene rings is 1. The molecule has 2 aliphatic rings. The molecule has 0 bridgehead atoms. The smallest absolute Gasteiger partial charge is 0.414 e. The minimum absolute atomic E-state index is 0.00975. The van der Waals surface area contributed by atoms with Crippen molar-refractivity contribution in [2.75, 3.05) is 43.1 Å². The Morgan fingerprint density at radius 2 is 1.93 bits per heavy atom. The normalized spacial score (nSPS) is 21.5. The van der Waals surface area contributed by atoms with Gasteiger partial charge in [0.2, 0.25) is 0 Å². The standard InChI is InChI=1S/C18H25F2N3O3SSi/c1-25-17(27)21-10-13-11-23(18(24)26-13)12-8-14(19)16(15(20)9-12)22-4-6-28(2,3)7-5-22/h8-9,13H,4-7,10-11H2,1-3H3,(H,21,27)/t13-/m0/s1. The van der Waals surface area contributed by atoms with E-state index in [1.807, 2.05) is 0 Å². The number of carbonyl (C=O) groups is 1. The zero-order valence-corrected chi connectivity index (χ0v) is 18.1. The fourth-order valence-corrected chi connectivity index (χ4v) is 5.54. The molecule has 1 aromatic rings. The summed E-state index contributed by atoms with van der Waals surface area (Å²) in [6.45, 7) is 6.33. The zero-order valence-electron chi connectivity index (χ0n) is 16.3. The van der Waals surface area contributed by atoms with Gasteiger partial charge in [-0.2, -0.15) is 0 Å². The molecule has 0 aromatic heterocycles. The van der Waals surface area contributed by atoms with Gasteiger partial charge >= 0.3 is 6.09 Å². The Labute approximate surface area is 169 Å². The van der Waals surface area contributed by atoms with Crippen LogP contribution >= 0.6 is 12.2 Å². The van der Waals surface area contributed by atoms with Gasteiger partial charge < -0.3 is 19.7 Å². The molecular formula is C18H25F2N3O3SSi. The van der Waals surface area contributed by atoms with Gasteiger partial charge in [0.1, 0.15) is 11.8 Å². The summed E-state index contributed by atoms with van der Waals surface area (Å²) < 4.78 is 39.6. The Balaban J connectivity index is 1.72. The molecule has 1 amide bonds. The largest absolute Gasteiger partial charge is 0.474 e. The van der Waals surface area contributed by atoms with E-state index >= 15 is 0 Å². The lowest BCUT2D eigenvalue weighted by molar-refractivity contribution is 0.142. The Hall–Kier alpha value is -1.94. The van der Waals surface area contributed by atoms with Crippen molar-refractivity contribution in [2.45, 2.75) is 31.3 Å². The Morgan fingerprint density at radius 3 is 2.50 bits per heavy atom. The van der Waals surface area contributed by atoms with Crippen LogP contribution in [0.15, 0.2) is 12.1 Å². The topological polar surface area (TPSA) is 54.0 Å². The first-order valence-electron chi connectivity index (χ1n) is 9.24. The van der Waals surface area contributed by atoms with Crippen molar-refractivity contribution in [3.63, 3.8) is 0 Å². The highest BCUT2D eigenvalue weighted by molar-refractivity contribution is 7.80. The van der Waals surface area contributed by atoms with Crippen molar-refractivity contribution in [1.29, 1.82) is 0 Å². The molecule has 6 nitrogen and oxygen atoms in total. The van der Waals surface area contributed by atoms with Crippen LogP contribution in [0.25, 0.3) is 0 Å². The zero-order chi connectivity index (χ0) is 20.5. The summed E-state index contributed by atoms with van der Waals surface area (Å²) in [5.74, 6) is -1.32. The highest BCUT2D eigenvalue weighted by Gasteiger charge is 2.34. The summed E-state index contributed by atoms with van der Waals surface area (Å²) in [5.41, 5.74) is 0.136. The molecule has 154 valence electrons. The van der Waals surface area contributed by atoms with Crippen LogP contribution in [0.3, 0.4) is 0 Å². The number of carbonyl (C=O) groups excluding carboxylic acids is 1. The number of thiocarbonyl (C=S) groups is 1. The maximum absolute atomic E-state index is 14.8.